The molecule has 0 amide bonds. The molecule has 2 heterocycles. The van der Waals surface area contributed by atoms with Gasteiger partial charge < -0.3 is 34.9 Å². The summed E-state index contributed by atoms with van der Waals surface area (Å²) >= 11 is 0. The first-order valence-corrected chi connectivity index (χ1v) is 10.6. The molecule has 7 N–H and O–H groups in total. The molecular formula is C16H29N2O11P. The number of phosphoric acid groups is 1. The van der Waals surface area contributed by atoms with Gasteiger partial charge in [-0.1, -0.05) is 6.92 Å². The van der Waals surface area contributed by atoms with Crippen LogP contribution in [0.4, 0.5) is 0 Å². The largest absolute Gasteiger partial charge is 0.469 e. The van der Waals surface area contributed by atoms with E-state index >= 15 is 0 Å². The van der Waals surface area contributed by atoms with Gasteiger partial charge in [-0.15, -0.1) is 0 Å². The molecule has 30 heavy (non-hydrogen) atoms. The summed E-state index contributed by atoms with van der Waals surface area (Å²) < 4.78 is 21.4. The number of phosphoric ester groups is 1. The molecule has 1 fully saturated rings. The van der Waals surface area contributed by atoms with Crippen LogP contribution in [0.3, 0.4) is 0 Å². The molecule has 0 saturated carbocycles. The third-order valence-corrected chi connectivity index (χ3v) is 5.31. The molecular weight excluding hydrogens is 427 g/mol. The molecule has 13 nitrogen and oxygen atoms in total. The summed E-state index contributed by atoms with van der Waals surface area (Å²) in [4.78, 5) is 42.3. The zero-order chi connectivity index (χ0) is 23.1. The number of hydrogen-bond acceptors (Lipinski definition) is 9. The van der Waals surface area contributed by atoms with Crippen molar-refractivity contribution in [1.29, 1.82) is 0 Å². The molecule has 0 bridgehead atoms. The lowest BCUT2D eigenvalue weighted by atomic mass is 9.88. The lowest BCUT2D eigenvalue weighted by Crippen LogP contribution is -2.33. The van der Waals surface area contributed by atoms with Gasteiger partial charge in [-0.05, 0) is 13.3 Å². The lowest BCUT2D eigenvalue weighted by molar-refractivity contribution is -0.0451. The molecule has 0 radical (unpaired) electrons. The summed E-state index contributed by atoms with van der Waals surface area (Å²) in [5.74, 6) is 0. The molecule has 174 valence electrons. The number of aromatic nitrogens is 2. The van der Waals surface area contributed by atoms with Gasteiger partial charge in [0.05, 0.1) is 32.5 Å². The van der Waals surface area contributed by atoms with Crippen molar-refractivity contribution < 1.29 is 44.0 Å². The second-order valence-corrected chi connectivity index (χ2v) is 8.26. The van der Waals surface area contributed by atoms with Crippen LogP contribution in [0.25, 0.3) is 0 Å². The van der Waals surface area contributed by atoms with Crippen LogP contribution < -0.4 is 11.2 Å². The average Bonchev–Trinajstić information content (AvgIpc) is 3.06. The van der Waals surface area contributed by atoms with E-state index in [1.807, 2.05) is 6.92 Å². The van der Waals surface area contributed by atoms with Crippen molar-refractivity contribution in [2.75, 3.05) is 26.4 Å². The van der Waals surface area contributed by atoms with E-state index in [1.54, 1.807) is 0 Å². The third-order valence-electron chi connectivity index (χ3n) is 4.82. The second kappa shape index (κ2) is 11.3. The minimum atomic E-state index is -4.67. The Morgan fingerprint density at radius 1 is 1.27 bits per heavy atom. The van der Waals surface area contributed by atoms with Gasteiger partial charge in [0, 0.05) is 23.6 Å². The number of ether oxygens (including phenoxy) is 1. The van der Waals surface area contributed by atoms with Crippen LogP contribution in [-0.4, -0.2) is 78.4 Å². The van der Waals surface area contributed by atoms with Crippen molar-refractivity contribution in [2.45, 2.75) is 45.1 Å². The number of aromatic amines is 1. The minimum Gasteiger partial charge on any atom is -0.396 e. The molecule has 1 aliphatic heterocycles. The van der Waals surface area contributed by atoms with Crippen LogP contribution in [0.5, 0.6) is 0 Å². The molecule has 1 saturated heterocycles. The van der Waals surface area contributed by atoms with E-state index in [0.29, 0.717) is 12.0 Å². The lowest BCUT2D eigenvalue weighted by Gasteiger charge is -2.24. The maximum absolute atomic E-state index is 11.7. The molecule has 3 atom stereocenters. The average molecular weight is 456 g/mol. The fourth-order valence-corrected chi connectivity index (χ4v) is 2.83. The molecule has 0 aliphatic carbocycles. The predicted octanol–water partition coefficient (Wildman–Crippen LogP) is -2.04. The van der Waals surface area contributed by atoms with E-state index in [2.05, 4.69) is 9.51 Å². The third kappa shape index (κ3) is 7.38. The highest BCUT2D eigenvalue weighted by molar-refractivity contribution is 7.46. The van der Waals surface area contributed by atoms with Crippen LogP contribution in [0, 0.1) is 12.3 Å². The number of nitrogens with zero attached hydrogens (tertiary/aromatic N) is 1. The normalized spacial score (nSPS) is 21.9. The summed E-state index contributed by atoms with van der Waals surface area (Å²) in [7, 11) is -4.67. The highest BCUT2D eigenvalue weighted by Crippen LogP contribution is 2.38. The first-order valence-electron chi connectivity index (χ1n) is 9.10. The first-order chi connectivity index (χ1) is 13.9. The Morgan fingerprint density at radius 2 is 1.83 bits per heavy atom. The Kier molecular flexibility index (Phi) is 10.0. The Labute approximate surface area is 171 Å². The van der Waals surface area contributed by atoms with Gasteiger partial charge in [0.15, 0.2) is 0 Å². The van der Waals surface area contributed by atoms with Crippen molar-refractivity contribution >= 4 is 7.82 Å². The van der Waals surface area contributed by atoms with Gasteiger partial charge in [-0.3, -0.25) is 18.9 Å². The maximum Gasteiger partial charge on any atom is 0.469 e. The van der Waals surface area contributed by atoms with E-state index in [0.717, 1.165) is 4.57 Å². The van der Waals surface area contributed by atoms with Gasteiger partial charge in [0.2, 0.25) is 0 Å². The minimum absolute atomic E-state index is 0.0283. The van der Waals surface area contributed by atoms with Crippen molar-refractivity contribution in [3.8, 4) is 0 Å². The van der Waals surface area contributed by atoms with E-state index in [1.165, 1.54) is 13.1 Å². The Morgan fingerprint density at radius 3 is 2.27 bits per heavy atom. The first kappa shape index (κ1) is 26.6. The molecule has 0 unspecified atom stereocenters. The molecule has 14 heteroatoms. The fraction of sp³-hybridized carbons (Fsp3) is 0.750. The summed E-state index contributed by atoms with van der Waals surface area (Å²) in [6, 6.07) is 0. The number of aryl methyl sites for hydroxylation is 1. The fourth-order valence-electron chi connectivity index (χ4n) is 2.49. The van der Waals surface area contributed by atoms with Crippen LogP contribution in [0.2, 0.25) is 0 Å². The number of nitrogens with one attached hydrogen (secondary N) is 1. The highest BCUT2D eigenvalue weighted by atomic mass is 31.2. The zero-order valence-corrected chi connectivity index (χ0v) is 17.6. The number of hydrogen-bond donors (Lipinski definition) is 7. The topological polar surface area (TPSA) is 212 Å². The zero-order valence-electron chi connectivity index (χ0n) is 16.7. The Bertz CT molecular complexity index is 812. The molecule has 0 aromatic carbocycles. The summed E-state index contributed by atoms with van der Waals surface area (Å²) in [5, 5.41) is 35.8. The molecule has 0 spiro atoms. The number of aliphatic hydroxyl groups excluding tert-OH is 4. The molecule has 2 rings (SSSR count). The summed E-state index contributed by atoms with van der Waals surface area (Å²) in [6.45, 7) is 2.35. The standard InChI is InChI=1S/C10H15N2O8P.C6H14O3/c1-5-3-12(10(15)11-9(5)14)8-2-6(13)7(20-8)4-19-21(16,17)18;1-2-6(3-7,4-8)5-9/h3,6-8,13H,2,4H2,1H3,(H,11,14,15)(H2,16,17,18);7-9H,2-5H2,1H3/t6-,7+,8+;/m0./s1. The van der Waals surface area contributed by atoms with Gasteiger partial charge in [0.1, 0.15) is 12.3 Å². The monoisotopic (exact) mass is 456 g/mol. The van der Waals surface area contributed by atoms with E-state index in [4.69, 9.17) is 29.8 Å². The van der Waals surface area contributed by atoms with Crippen LogP contribution in [0.15, 0.2) is 15.8 Å². The molecule has 1 aromatic heterocycles. The van der Waals surface area contributed by atoms with Crippen molar-refractivity contribution in [2.24, 2.45) is 5.41 Å². The second-order valence-electron chi connectivity index (χ2n) is 7.03. The molecule has 1 aromatic rings. The summed E-state index contributed by atoms with van der Waals surface area (Å²) in [6.07, 6.45) is -0.974. The Balaban J connectivity index is 0.000000424. The highest BCUT2D eigenvalue weighted by Gasteiger charge is 2.37. The maximum atomic E-state index is 11.7. The van der Waals surface area contributed by atoms with E-state index in [-0.39, 0.29) is 26.2 Å². The number of aliphatic hydroxyl groups is 4. The van der Waals surface area contributed by atoms with Crippen molar-refractivity contribution in [3.63, 3.8) is 0 Å². The van der Waals surface area contributed by atoms with E-state index in [9.17, 15) is 19.3 Å². The summed E-state index contributed by atoms with van der Waals surface area (Å²) in [5.41, 5.74) is -1.59. The SMILES string of the molecule is CCC(CO)(CO)CO.Cc1cn([C@H]2C[C@H](O)[C@@H](COP(=O)(O)O)O2)c(=O)[nH]c1=O. The van der Waals surface area contributed by atoms with Crippen LogP contribution >= 0.6 is 7.82 Å². The van der Waals surface area contributed by atoms with Crippen LogP contribution in [-0.2, 0) is 13.8 Å². The number of rotatable bonds is 8. The van der Waals surface area contributed by atoms with Gasteiger partial charge >= 0.3 is 13.5 Å². The Hall–Kier alpha value is -1.41. The quantitative estimate of drug-likeness (QED) is 0.212. The van der Waals surface area contributed by atoms with E-state index < -0.39 is 49.5 Å². The van der Waals surface area contributed by atoms with Gasteiger partial charge in [-0.2, -0.15) is 0 Å². The van der Waals surface area contributed by atoms with Crippen molar-refractivity contribution in [1.82, 2.24) is 9.55 Å². The van der Waals surface area contributed by atoms with Crippen molar-refractivity contribution in [3.05, 3.63) is 32.6 Å². The van der Waals surface area contributed by atoms with Gasteiger partial charge in [0.25, 0.3) is 5.56 Å². The number of H-pyrrole nitrogens is 1. The van der Waals surface area contributed by atoms with Gasteiger partial charge in [-0.25, -0.2) is 9.36 Å². The van der Waals surface area contributed by atoms with Crippen LogP contribution in [0.1, 0.15) is 31.6 Å². The predicted molar refractivity (Wildman–Crippen MR) is 103 cm³/mol. The molecule has 1 aliphatic rings. The smallest absolute Gasteiger partial charge is 0.396 e.